The highest BCUT2D eigenvalue weighted by atomic mass is 16.5. The number of benzene rings is 1. The third kappa shape index (κ3) is 3.47. The van der Waals surface area contributed by atoms with E-state index in [2.05, 4.69) is 39.8 Å². The van der Waals surface area contributed by atoms with Crippen LogP contribution in [-0.2, 0) is 11.8 Å². The number of aliphatic hydroxyl groups is 1. The number of aliphatic hydroxyl groups excluding tert-OH is 1. The topological polar surface area (TPSA) is 29.5 Å². The molecule has 0 radical (unpaired) electrons. The summed E-state index contributed by atoms with van der Waals surface area (Å²) in [5.74, 6) is 0.955. The molecule has 0 bridgehead atoms. The molecule has 0 heterocycles. The number of hydrogen-bond donors (Lipinski definition) is 1. The summed E-state index contributed by atoms with van der Waals surface area (Å²) in [5.41, 5.74) is 3.88. The molecule has 0 fully saturated rings. The van der Waals surface area contributed by atoms with E-state index in [1.807, 2.05) is 0 Å². The van der Waals surface area contributed by atoms with E-state index in [1.54, 1.807) is 7.11 Å². The monoisotopic (exact) mass is 236 g/mol. The van der Waals surface area contributed by atoms with Crippen LogP contribution in [0.5, 0.6) is 5.75 Å². The molecule has 96 valence electrons. The lowest BCUT2D eigenvalue weighted by molar-refractivity contribution is 0.288. The minimum atomic E-state index is 0.0889. The zero-order valence-corrected chi connectivity index (χ0v) is 11.6. The van der Waals surface area contributed by atoms with E-state index in [-0.39, 0.29) is 12.0 Å². The third-order valence-electron chi connectivity index (χ3n) is 3.07. The van der Waals surface area contributed by atoms with Crippen LogP contribution < -0.4 is 4.74 Å². The summed E-state index contributed by atoms with van der Waals surface area (Å²) in [6.07, 6.45) is 1.71. The molecule has 0 spiro atoms. The maximum Gasteiger partial charge on any atom is 0.122 e. The average Bonchev–Trinajstić information content (AvgIpc) is 2.25. The van der Waals surface area contributed by atoms with Crippen LogP contribution in [0.25, 0.3) is 0 Å². The van der Waals surface area contributed by atoms with E-state index in [9.17, 15) is 0 Å². The molecule has 0 atom stereocenters. The van der Waals surface area contributed by atoms with Crippen LogP contribution in [0.2, 0.25) is 0 Å². The average molecular weight is 236 g/mol. The summed E-state index contributed by atoms with van der Waals surface area (Å²) in [4.78, 5) is 0. The summed E-state index contributed by atoms with van der Waals surface area (Å²) in [5, 5.41) is 8.90. The summed E-state index contributed by atoms with van der Waals surface area (Å²) in [6.45, 7) is 8.94. The van der Waals surface area contributed by atoms with E-state index < -0.39 is 0 Å². The first-order valence-electron chi connectivity index (χ1n) is 6.19. The van der Waals surface area contributed by atoms with E-state index in [1.165, 1.54) is 16.7 Å². The highest BCUT2D eigenvalue weighted by Crippen LogP contribution is 2.33. The van der Waals surface area contributed by atoms with Gasteiger partial charge in [0.2, 0.25) is 0 Å². The lowest BCUT2D eigenvalue weighted by Crippen LogP contribution is -2.14. The van der Waals surface area contributed by atoms with Gasteiger partial charge in [0.25, 0.3) is 0 Å². The number of rotatable bonds is 4. The van der Waals surface area contributed by atoms with Gasteiger partial charge in [0, 0.05) is 6.61 Å². The Labute approximate surface area is 105 Å². The van der Waals surface area contributed by atoms with Gasteiger partial charge in [-0.1, -0.05) is 26.8 Å². The molecular weight excluding hydrogens is 212 g/mol. The van der Waals surface area contributed by atoms with Gasteiger partial charge >= 0.3 is 0 Å². The minimum Gasteiger partial charge on any atom is -0.496 e. The van der Waals surface area contributed by atoms with E-state index in [4.69, 9.17) is 9.84 Å². The van der Waals surface area contributed by atoms with Crippen LogP contribution in [0, 0.1) is 6.92 Å². The molecule has 2 heteroatoms. The molecule has 1 aromatic rings. The van der Waals surface area contributed by atoms with Crippen molar-refractivity contribution in [2.24, 2.45) is 0 Å². The van der Waals surface area contributed by atoms with Crippen molar-refractivity contribution in [3.05, 3.63) is 28.8 Å². The van der Waals surface area contributed by atoms with Gasteiger partial charge in [0.1, 0.15) is 5.75 Å². The molecule has 1 N–H and O–H groups in total. The van der Waals surface area contributed by atoms with Gasteiger partial charge in [-0.15, -0.1) is 0 Å². The normalized spacial score (nSPS) is 11.6. The van der Waals surface area contributed by atoms with Crippen LogP contribution >= 0.6 is 0 Å². The maximum absolute atomic E-state index is 8.90. The first-order valence-corrected chi connectivity index (χ1v) is 6.19. The standard InChI is InChI=1S/C15H24O2/c1-11-9-13(15(2,3)4)14(17-5)10-12(11)7-6-8-16/h9-10,16H,6-8H2,1-5H3. The fraction of sp³-hybridized carbons (Fsp3) is 0.600. The molecule has 0 aliphatic rings. The van der Waals surface area contributed by atoms with E-state index in [0.717, 1.165) is 18.6 Å². The maximum atomic E-state index is 8.90. The number of methoxy groups -OCH3 is 1. The molecular formula is C15H24O2. The van der Waals surface area contributed by atoms with Crippen LogP contribution in [0.15, 0.2) is 12.1 Å². The first kappa shape index (κ1) is 14.0. The second kappa shape index (κ2) is 5.54. The van der Waals surface area contributed by atoms with Crippen LogP contribution in [0.3, 0.4) is 0 Å². The summed E-state index contributed by atoms with van der Waals surface area (Å²) in [6, 6.07) is 4.33. The van der Waals surface area contributed by atoms with Gasteiger partial charge in [-0.25, -0.2) is 0 Å². The molecule has 1 rings (SSSR count). The van der Waals surface area contributed by atoms with Crippen LogP contribution in [-0.4, -0.2) is 18.8 Å². The summed E-state index contributed by atoms with van der Waals surface area (Å²) >= 11 is 0. The van der Waals surface area contributed by atoms with Crippen molar-refractivity contribution in [1.29, 1.82) is 0 Å². The van der Waals surface area contributed by atoms with Gasteiger partial charge in [-0.3, -0.25) is 0 Å². The molecule has 2 nitrogen and oxygen atoms in total. The Kier molecular flexibility index (Phi) is 4.58. The van der Waals surface area contributed by atoms with Crippen molar-refractivity contribution in [1.82, 2.24) is 0 Å². The Morgan fingerprint density at radius 3 is 2.35 bits per heavy atom. The fourth-order valence-electron chi connectivity index (χ4n) is 2.02. The Morgan fingerprint density at radius 1 is 1.24 bits per heavy atom. The van der Waals surface area contributed by atoms with Crippen molar-refractivity contribution in [3.8, 4) is 5.75 Å². The van der Waals surface area contributed by atoms with Crippen LogP contribution in [0.4, 0.5) is 0 Å². The number of aryl methyl sites for hydroxylation is 2. The molecule has 0 aromatic heterocycles. The van der Waals surface area contributed by atoms with Gasteiger partial charge in [-0.2, -0.15) is 0 Å². The minimum absolute atomic E-state index is 0.0889. The zero-order valence-electron chi connectivity index (χ0n) is 11.6. The van der Waals surface area contributed by atoms with E-state index >= 15 is 0 Å². The Bertz CT molecular complexity index is 375. The molecule has 0 saturated heterocycles. The predicted octanol–water partition coefficient (Wildman–Crippen LogP) is 3.23. The van der Waals surface area contributed by atoms with E-state index in [0.29, 0.717) is 0 Å². The molecule has 0 aliphatic heterocycles. The first-order chi connectivity index (χ1) is 7.90. The summed E-state index contributed by atoms with van der Waals surface area (Å²) < 4.78 is 5.48. The second-order valence-electron chi connectivity index (χ2n) is 5.56. The Morgan fingerprint density at radius 2 is 1.88 bits per heavy atom. The predicted molar refractivity (Wildman–Crippen MR) is 71.8 cm³/mol. The molecule has 0 saturated carbocycles. The molecule has 0 amide bonds. The highest BCUT2D eigenvalue weighted by Gasteiger charge is 2.20. The molecule has 17 heavy (non-hydrogen) atoms. The second-order valence-corrected chi connectivity index (χ2v) is 5.56. The Balaban J connectivity index is 3.15. The number of hydrogen-bond acceptors (Lipinski definition) is 2. The van der Waals surface area contributed by atoms with Crippen LogP contribution in [0.1, 0.15) is 43.9 Å². The van der Waals surface area contributed by atoms with Gasteiger partial charge in [0.05, 0.1) is 7.11 Å². The third-order valence-corrected chi connectivity index (χ3v) is 3.07. The lowest BCUT2D eigenvalue weighted by Gasteiger charge is -2.24. The van der Waals surface area contributed by atoms with Gasteiger partial charge < -0.3 is 9.84 Å². The molecule has 0 unspecified atom stereocenters. The fourth-order valence-corrected chi connectivity index (χ4v) is 2.02. The van der Waals surface area contributed by atoms with Crippen molar-refractivity contribution in [3.63, 3.8) is 0 Å². The van der Waals surface area contributed by atoms with Gasteiger partial charge in [-0.05, 0) is 47.9 Å². The Hall–Kier alpha value is -1.02. The highest BCUT2D eigenvalue weighted by molar-refractivity contribution is 5.45. The van der Waals surface area contributed by atoms with Crippen molar-refractivity contribution in [2.75, 3.05) is 13.7 Å². The lowest BCUT2D eigenvalue weighted by atomic mass is 9.84. The van der Waals surface area contributed by atoms with Gasteiger partial charge in [0.15, 0.2) is 0 Å². The van der Waals surface area contributed by atoms with Crippen molar-refractivity contribution < 1.29 is 9.84 Å². The zero-order chi connectivity index (χ0) is 13.1. The smallest absolute Gasteiger partial charge is 0.122 e. The number of ether oxygens (including phenoxy) is 1. The SMILES string of the molecule is COc1cc(CCCO)c(C)cc1C(C)(C)C. The summed E-state index contributed by atoms with van der Waals surface area (Å²) in [7, 11) is 1.72. The quantitative estimate of drug-likeness (QED) is 0.869. The molecule has 0 aliphatic carbocycles. The molecule has 1 aromatic carbocycles. The van der Waals surface area contributed by atoms with Crippen molar-refractivity contribution in [2.45, 2.75) is 46.0 Å². The van der Waals surface area contributed by atoms with Crippen molar-refractivity contribution >= 4 is 0 Å². The largest absolute Gasteiger partial charge is 0.496 e.